The van der Waals surface area contributed by atoms with Crippen LogP contribution in [0.2, 0.25) is 0 Å². The quantitative estimate of drug-likeness (QED) is 0.570. The molecule has 0 spiro atoms. The summed E-state index contributed by atoms with van der Waals surface area (Å²) in [6, 6.07) is 13.4. The van der Waals surface area contributed by atoms with Crippen molar-refractivity contribution < 1.29 is 17.6 Å². The van der Waals surface area contributed by atoms with Crippen LogP contribution in [0.5, 0.6) is 0 Å². The van der Waals surface area contributed by atoms with Crippen molar-refractivity contribution in [3.05, 3.63) is 59.9 Å². The Morgan fingerprint density at radius 3 is 2.30 bits per heavy atom. The van der Waals surface area contributed by atoms with Crippen LogP contribution in [0.4, 0.5) is 15.8 Å². The van der Waals surface area contributed by atoms with Gasteiger partial charge >= 0.3 is 0 Å². The van der Waals surface area contributed by atoms with Gasteiger partial charge in [0.25, 0.3) is 0 Å². The van der Waals surface area contributed by atoms with Crippen LogP contribution in [0.1, 0.15) is 24.8 Å². The van der Waals surface area contributed by atoms with E-state index in [1.165, 1.54) is 17.4 Å². The molecule has 0 unspecified atom stereocenters. The average molecular weight is 477 g/mol. The summed E-state index contributed by atoms with van der Waals surface area (Å²) in [5.74, 6) is -1.70. The zero-order valence-corrected chi connectivity index (χ0v) is 20.2. The SMILES string of the molecule is CN(C)CCN(Cc1ccccc1F)C(=O)CS(=O)(=O)Nc1ccc(N2CCCCC2)cc1. The summed E-state index contributed by atoms with van der Waals surface area (Å²) in [7, 11) is -0.202. The Bertz CT molecular complexity index is 1020. The highest BCUT2D eigenvalue weighted by Gasteiger charge is 2.23. The third kappa shape index (κ3) is 7.71. The van der Waals surface area contributed by atoms with Crippen molar-refractivity contribution in [2.45, 2.75) is 25.8 Å². The third-order valence-electron chi connectivity index (χ3n) is 5.66. The molecule has 0 radical (unpaired) electrons. The monoisotopic (exact) mass is 476 g/mol. The van der Waals surface area contributed by atoms with Gasteiger partial charge in [0.05, 0.1) is 0 Å². The normalized spacial score (nSPS) is 14.4. The molecule has 1 aliphatic rings. The van der Waals surface area contributed by atoms with Gasteiger partial charge in [0.1, 0.15) is 11.6 Å². The lowest BCUT2D eigenvalue weighted by molar-refractivity contribution is -0.129. The maximum atomic E-state index is 14.1. The molecule has 0 saturated carbocycles. The smallest absolute Gasteiger partial charge is 0.241 e. The highest BCUT2D eigenvalue weighted by molar-refractivity contribution is 7.93. The number of rotatable bonds is 10. The number of piperidine rings is 1. The number of carbonyl (C=O) groups excluding carboxylic acids is 1. The van der Waals surface area contributed by atoms with Gasteiger partial charge in [-0.1, -0.05) is 18.2 Å². The van der Waals surface area contributed by atoms with E-state index in [9.17, 15) is 17.6 Å². The zero-order valence-electron chi connectivity index (χ0n) is 19.3. The van der Waals surface area contributed by atoms with Gasteiger partial charge in [-0.2, -0.15) is 0 Å². The van der Waals surface area contributed by atoms with Crippen LogP contribution in [-0.2, 0) is 21.4 Å². The fraction of sp³-hybridized carbons (Fsp3) is 0.458. The first-order chi connectivity index (χ1) is 15.7. The van der Waals surface area contributed by atoms with Crippen molar-refractivity contribution >= 4 is 27.3 Å². The first-order valence-corrected chi connectivity index (χ1v) is 12.9. The van der Waals surface area contributed by atoms with Gasteiger partial charge in [-0.3, -0.25) is 9.52 Å². The van der Waals surface area contributed by atoms with E-state index in [-0.39, 0.29) is 6.54 Å². The zero-order chi connectivity index (χ0) is 23.8. The van der Waals surface area contributed by atoms with Crippen LogP contribution in [0.25, 0.3) is 0 Å². The number of anilines is 2. The highest BCUT2D eigenvalue weighted by Crippen LogP contribution is 2.22. The van der Waals surface area contributed by atoms with Crippen molar-refractivity contribution in [3.8, 4) is 0 Å². The molecule has 2 aromatic carbocycles. The predicted octanol–water partition coefficient (Wildman–Crippen LogP) is 3.15. The molecule has 33 heavy (non-hydrogen) atoms. The fourth-order valence-corrected chi connectivity index (χ4v) is 4.88. The van der Waals surface area contributed by atoms with E-state index < -0.39 is 27.5 Å². The van der Waals surface area contributed by atoms with Crippen LogP contribution in [0.3, 0.4) is 0 Å². The lowest BCUT2D eigenvalue weighted by Gasteiger charge is -2.28. The van der Waals surface area contributed by atoms with Crippen LogP contribution < -0.4 is 9.62 Å². The van der Waals surface area contributed by atoms with E-state index in [0.717, 1.165) is 31.6 Å². The number of carbonyl (C=O) groups is 1. The van der Waals surface area contributed by atoms with Crippen molar-refractivity contribution in [2.24, 2.45) is 0 Å². The molecule has 1 saturated heterocycles. The Labute approximate surface area is 196 Å². The molecule has 0 bridgehead atoms. The molecule has 1 fully saturated rings. The second kappa shape index (κ2) is 11.5. The Hall–Kier alpha value is -2.65. The number of benzene rings is 2. The summed E-state index contributed by atoms with van der Waals surface area (Å²) >= 11 is 0. The fourth-order valence-electron chi connectivity index (χ4n) is 3.81. The molecule has 0 aromatic heterocycles. The molecule has 7 nitrogen and oxygen atoms in total. The highest BCUT2D eigenvalue weighted by atomic mass is 32.2. The maximum Gasteiger partial charge on any atom is 0.241 e. The molecule has 180 valence electrons. The van der Waals surface area contributed by atoms with Gasteiger partial charge in [0.15, 0.2) is 0 Å². The molecule has 0 atom stereocenters. The van der Waals surface area contributed by atoms with E-state index in [1.54, 1.807) is 30.3 Å². The standard InChI is InChI=1S/C24H33FN4O3S/c1-27(2)16-17-29(18-20-8-4-5-9-23(20)25)24(30)19-33(31,32)26-21-10-12-22(13-11-21)28-14-6-3-7-15-28/h4-5,8-13,26H,3,6-7,14-19H2,1-2H3. The molecule has 1 aliphatic heterocycles. The molecule has 1 N–H and O–H groups in total. The molecule has 1 heterocycles. The minimum Gasteiger partial charge on any atom is -0.372 e. The van der Waals surface area contributed by atoms with Crippen molar-refractivity contribution in [2.75, 3.05) is 55.6 Å². The van der Waals surface area contributed by atoms with Crippen LogP contribution in [-0.4, -0.2) is 70.2 Å². The van der Waals surface area contributed by atoms with Gasteiger partial charge in [0, 0.05) is 49.7 Å². The predicted molar refractivity (Wildman–Crippen MR) is 130 cm³/mol. The number of likely N-dealkylation sites (N-methyl/N-ethyl adjacent to an activating group) is 1. The topological polar surface area (TPSA) is 73.0 Å². The van der Waals surface area contributed by atoms with E-state index in [2.05, 4.69) is 9.62 Å². The number of sulfonamides is 1. The van der Waals surface area contributed by atoms with E-state index >= 15 is 0 Å². The summed E-state index contributed by atoms with van der Waals surface area (Å²) < 4.78 is 42.0. The van der Waals surface area contributed by atoms with Crippen molar-refractivity contribution in [1.29, 1.82) is 0 Å². The van der Waals surface area contributed by atoms with Gasteiger partial charge in [-0.25, -0.2) is 12.8 Å². The largest absolute Gasteiger partial charge is 0.372 e. The molecule has 1 amide bonds. The molecule has 3 rings (SSSR count). The number of hydrogen-bond donors (Lipinski definition) is 1. The summed E-state index contributed by atoms with van der Waals surface area (Å²) in [5, 5.41) is 0. The summed E-state index contributed by atoms with van der Waals surface area (Å²) in [4.78, 5) is 18.5. The van der Waals surface area contributed by atoms with E-state index in [4.69, 9.17) is 0 Å². The summed E-state index contributed by atoms with van der Waals surface area (Å²) in [5.41, 5.74) is 1.83. The van der Waals surface area contributed by atoms with E-state index in [1.807, 2.05) is 31.1 Å². The Morgan fingerprint density at radius 1 is 1.00 bits per heavy atom. The minimum atomic E-state index is -3.92. The number of amides is 1. The molecule has 0 aliphatic carbocycles. The number of nitrogens with one attached hydrogen (secondary N) is 1. The molecule has 2 aromatic rings. The Morgan fingerprint density at radius 2 is 1.67 bits per heavy atom. The maximum absolute atomic E-state index is 14.1. The summed E-state index contributed by atoms with van der Waals surface area (Å²) in [6.45, 7) is 2.85. The van der Waals surface area contributed by atoms with Crippen molar-refractivity contribution in [3.63, 3.8) is 0 Å². The first-order valence-electron chi connectivity index (χ1n) is 11.2. The van der Waals surface area contributed by atoms with Gasteiger partial charge in [-0.05, 0) is 63.7 Å². The third-order valence-corrected chi connectivity index (χ3v) is 6.84. The Balaban J connectivity index is 1.65. The lowest BCUT2D eigenvalue weighted by Crippen LogP contribution is -2.40. The molecular weight excluding hydrogens is 443 g/mol. The van der Waals surface area contributed by atoms with Crippen LogP contribution >= 0.6 is 0 Å². The minimum absolute atomic E-state index is 0.0133. The van der Waals surface area contributed by atoms with E-state index in [0.29, 0.717) is 24.3 Å². The number of halogens is 1. The Kier molecular flexibility index (Phi) is 8.68. The summed E-state index contributed by atoms with van der Waals surface area (Å²) in [6.07, 6.45) is 3.56. The second-order valence-electron chi connectivity index (χ2n) is 8.67. The first kappa shape index (κ1) is 25.0. The lowest BCUT2D eigenvalue weighted by atomic mass is 10.1. The van der Waals surface area contributed by atoms with Gasteiger partial charge < -0.3 is 14.7 Å². The average Bonchev–Trinajstić information content (AvgIpc) is 2.78. The second-order valence-corrected chi connectivity index (χ2v) is 10.4. The van der Waals surface area contributed by atoms with Gasteiger partial charge in [-0.15, -0.1) is 0 Å². The van der Waals surface area contributed by atoms with Gasteiger partial charge in [0.2, 0.25) is 15.9 Å². The molecule has 9 heteroatoms. The number of nitrogens with zero attached hydrogens (tertiary/aromatic N) is 3. The van der Waals surface area contributed by atoms with Crippen LogP contribution in [0.15, 0.2) is 48.5 Å². The van der Waals surface area contributed by atoms with Crippen molar-refractivity contribution in [1.82, 2.24) is 9.80 Å². The molecular formula is C24H33FN4O3S. The number of hydrogen-bond acceptors (Lipinski definition) is 5. The van der Waals surface area contributed by atoms with Crippen LogP contribution in [0, 0.1) is 5.82 Å².